The van der Waals surface area contributed by atoms with Crippen LogP contribution in [-0.4, -0.2) is 11.9 Å². The van der Waals surface area contributed by atoms with E-state index in [1.807, 2.05) is 0 Å². The van der Waals surface area contributed by atoms with Gasteiger partial charge in [0.2, 0.25) is 0 Å². The molecule has 0 aromatic heterocycles. The molecule has 29 heavy (non-hydrogen) atoms. The quantitative estimate of drug-likeness (QED) is 0.118. The summed E-state index contributed by atoms with van der Waals surface area (Å²) in [5.41, 5.74) is 5.44. The topological polar surface area (TPSA) is 29.6 Å². The maximum absolute atomic E-state index is 11.3. The number of hydrogen-bond donors (Lipinski definition) is 0. The number of epoxide rings is 1. The Morgan fingerprint density at radius 3 is 2.31 bits per heavy atom. The summed E-state index contributed by atoms with van der Waals surface area (Å²) in [6.07, 6.45) is 8.08. The van der Waals surface area contributed by atoms with Crippen molar-refractivity contribution < 1.29 is 19.6 Å². The Labute approximate surface area is 218 Å². The van der Waals surface area contributed by atoms with E-state index in [0.29, 0.717) is 24.4 Å². The molecule has 0 bridgehead atoms. The number of carbonyl (C=O) groups excluding carboxylic acids is 1. The van der Waals surface area contributed by atoms with Gasteiger partial charge in [-0.3, -0.25) is 4.79 Å². The van der Waals surface area contributed by atoms with Crippen molar-refractivity contribution >= 4 is 77.1 Å². The summed E-state index contributed by atoms with van der Waals surface area (Å²) in [6.45, 7) is 0. The molecule has 5 rings (SSSR count). The van der Waals surface area contributed by atoms with Crippen molar-refractivity contribution in [3.63, 3.8) is 0 Å². The van der Waals surface area contributed by atoms with Crippen LogP contribution in [0.25, 0.3) is 0 Å². The fourth-order valence-electron chi connectivity index (χ4n) is 3.97. The molecule has 3 aliphatic rings. The van der Waals surface area contributed by atoms with E-state index in [1.165, 1.54) is 46.0 Å². The van der Waals surface area contributed by atoms with Gasteiger partial charge in [0, 0.05) is 21.8 Å². The van der Waals surface area contributed by atoms with E-state index in [0.717, 1.165) is 23.7 Å². The maximum atomic E-state index is 11.3. The van der Waals surface area contributed by atoms with Crippen molar-refractivity contribution in [3.05, 3.63) is 67.6 Å². The third kappa shape index (κ3) is 7.59. The van der Waals surface area contributed by atoms with E-state index < -0.39 is 0 Å². The van der Waals surface area contributed by atoms with Crippen LogP contribution in [0, 0.1) is 0 Å². The van der Waals surface area contributed by atoms with Crippen LogP contribution in [0.3, 0.4) is 0 Å². The Hall–Kier alpha value is 1.11. The van der Waals surface area contributed by atoms with Gasteiger partial charge in [-0.15, -0.1) is 0 Å². The Bertz CT molecular complexity index is 863. The summed E-state index contributed by atoms with van der Waals surface area (Å²) in [4.78, 5) is 11.3. The second-order valence-electron chi connectivity index (χ2n) is 7.41. The zero-order valence-corrected chi connectivity index (χ0v) is 26.6. The van der Waals surface area contributed by atoms with Crippen LogP contribution in [0.15, 0.2) is 45.3 Å². The Kier molecular flexibility index (Phi) is 10.6. The molecule has 1 fully saturated rings. The second-order valence-corrected chi connectivity index (χ2v) is 32.8. The average molecular weight is 797 g/mol. The summed E-state index contributed by atoms with van der Waals surface area (Å²) in [5.74, 6) is 0.372. The third-order valence-electron chi connectivity index (χ3n) is 5.39. The number of carbonyl (C=O) groups is 1. The van der Waals surface area contributed by atoms with E-state index in [1.54, 1.807) is 0 Å². The molecule has 1 saturated heterocycles. The zero-order valence-electron chi connectivity index (χ0n) is 16.1. The van der Waals surface area contributed by atoms with E-state index in [4.69, 9.17) is 4.74 Å². The van der Waals surface area contributed by atoms with Crippen molar-refractivity contribution in [2.75, 3.05) is 0 Å². The number of rotatable bonds is 0. The first-order valence-electron chi connectivity index (χ1n) is 9.86. The molecule has 0 saturated carbocycles. The molecule has 2 unspecified atom stereocenters. The third-order valence-corrected chi connectivity index (χ3v) is 6.38. The zero-order chi connectivity index (χ0) is 20.8. The first kappa shape index (κ1) is 24.7. The van der Waals surface area contributed by atoms with Gasteiger partial charge in [-0.1, -0.05) is 44.0 Å². The molecule has 152 valence electrons. The molecule has 2 aromatic rings. The van der Waals surface area contributed by atoms with E-state index in [2.05, 4.69) is 108 Å². The number of hydrogen-bond acceptors (Lipinski definition) is 2. The molecule has 7 heteroatoms. The normalized spacial score (nSPS) is 21.3. The minimum atomic E-state index is 0.0650. The standard InChI is InChI=1S/2C11H11BrO.2HI.Zn/c12-8-5-4-7-2-1-3-10-11(13-10)9(7)6-8;12-10-5-4-8-2-1-3-11(13)7-9(8)6-10;;;/h4-6,10-11H,1-3H2;4-6H,1-3,7H2;2*1H;/q;;;;+2/p-2. The van der Waals surface area contributed by atoms with Gasteiger partial charge < -0.3 is 4.74 Å². The summed E-state index contributed by atoms with van der Waals surface area (Å²) in [5, 5.41) is 0. The molecule has 1 heterocycles. The fraction of sp³-hybridized carbons (Fsp3) is 0.409. The van der Waals surface area contributed by atoms with Crippen LogP contribution < -0.4 is 0 Å². The Morgan fingerprint density at radius 1 is 0.897 bits per heavy atom. The molecular weight excluding hydrogens is 775 g/mol. The van der Waals surface area contributed by atoms with Crippen molar-refractivity contribution in [1.82, 2.24) is 0 Å². The van der Waals surface area contributed by atoms with Crippen LogP contribution in [0.4, 0.5) is 0 Å². The number of halogens is 4. The summed E-state index contributed by atoms with van der Waals surface area (Å²) >= 11 is 11.9. The van der Waals surface area contributed by atoms with E-state index >= 15 is 0 Å². The second kappa shape index (κ2) is 12.4. The summed E-state index contributed by atoms with van der Waals surface area (Å²) in [7, 11) is 0.0650. The van der Waals surface area contributed by atoms with Crippen molar-refractivity contribution in [2.45, 2.75) is 57.2 Å². The number of ketones is 1. The van der Waals surface area contributed by atoms with Crippen molar-refractivity contribution in [1.29, 1.82) is 0 Å². The van der Waals surface area contributed by atoms with E-state index in [-0.39, 0.29) is 10.1 Å². The minimum absolute atomic E-state index is 0.0650. The predicted octanol–water partition coefficient (Wildman–Crippen LogP) is 7.89. The first-order valence-corrected chi connectivity index (χ1v) is 29.5. The fourth-order valence-corrected chi connectivity index (χ4v) is 4.76. The number of fused-ring (bicyclic) bond motifs is 4. The first-order chi connectivity index (χ1) is 14.0. The number of aryl methyl sites for hydroxylation is 2. The number of ether oxygens (including phenoxy) is 1. The van der Waals surface area contributed by atoms with Crippen LogP contribution >= 0.6 is 71.4 Å². The molecule has 1 aliphatic heterocycles. The van der Waals surface area contributed by atoms with Gasteiger partial charge >= 0.3 is 49.6 Å². The Morgan fingerprint density at radius 2 is 1.55 bits per heavy atom. The van der Waals surface area contributed by atoms with Crippen LogP contribution in [0.2, 0.25) is 0 Å². The SMILES string of the molecule is Brc1ccc2c(c1)C1OC1CCC2.O=C1CCCc2ccc(Br)cc2C1.[I][Zn][I]. The molecule has 2 aliphatic carbocycles. The van der Waals surface area contributed by atoms with Crippen LogP contribution in [-0.2, 0) is 38.9 Å². The van der Waals surface area contributed by atoms with Gasteiger partial charge in [0.05, 0.1) is 6.10 Å². The van der Waals surface area contributed by atoms with Gasteiger partial charge in [-0.2, -0.15) is 0 Å². The van der Waals surface area contributed by atoms with Gasteiger partial charge in [0.25, 0.3) is 0 Å². The number of benzene rings is 2. The molecule has 2 nitrogen and oxygen atoms in total. The molecule has 0 amide bonds. The van der Waals surface area contributed by atoms with Crippen LogP contribution in [0.5, 0.6) is 0 Å². The molecule has 0 spiro atoms. The predicted molar refractivity (Wildman–Crippen MR) is 139 cm³/mol. The molecule has 2 atom stereocenters. The van der Waals surface area contributed by atoms with Gasteiger partial charge in [0.15, 0.2) is 0 Å². The molecule has 2 aromatic carbocycles. The summed E-state index contributed by atoms with van der Waals surface area (Å²) < 4.78 is 7.86. The molecular formula is C22H22Br2I2O2Zn. The van der Waals surface area contributed by atoms with Crippen LogP contribution in [0.1, 0.15) is 54.0 Å². The summed E-state index contributed by atoms with van der Waals surface area (Å²) in [6, 6.07) is 12.8. The number of Topliss-reactive ketones (excluding diaryl/α,β-unsaturated/α-hetero) is 1. The Balaban J connectivity index is 0.000000146. The average Bonchev–Trinajstić information content (AvgIpc) is 3.47. The molecule has 0 radical (unpaired) electrons. The van der Waals surface area contributed by atoms with Crippen molar-refractivity contribution in [3.8, 4) is 0 Å². The molecule has 0 N–H and O–H groups in total. The monoisotopic (exact) mass is 794 g/mol. The van der Waals surface area contributed by atoms with Gasteiger partial charge in [-0.25, -0.2) is 0 Å². The van der Waals surface area contributed by atoms with Gasteiger partial charge in [0.1, 0.15) is 11.9 Å². The van der Waals surface area contributed by atoms with Crippen molar-refractivity contribution in [2.24, 2.45) is 0 Å². The van der Waals surface area contributed by atoms with Gasteiger partial charge in [-0.05, 0) is 78.6 Å². The van der Waals surface area contributed by atoms with E-state index in [9.17, 15) is 4.79 Å².